The summed E-state index contributed by atoms with van der Waals surface area (Å²) in [6.07, 6.45) is 4.05. The van der Waals surface area contributed by atoms with Crippen molar-refractivity contribution < 1.29 is 9.47 Å². The first-order chi connectivity index (χ1) is 5.93. The summed E-state index contributed by atoms with van der Waals surface area (Å²) in [6, 6.07) is 0. The second-order valence-electron chi connectivity index (χ2n) is 3.25. The Morgan fingerprint density at radius 3 is 2.25 bits per heavy atom. The Hall–Kier alpha value is -0.120. The highest BCUT2D eigenvalue weighted by Gasteiger charge is 2.20. The van der Waals surface area contributed by atoms with E-state index in [1.165, 1.54) is 19.3 Å². The quantitative estimate of drug-likeness (QED) is 0.552. The molecule has 1 aliphatic rings. The van der Waals surface area contributed by atoms with Crippen LogP contribution in [0.15, 0.2) is 0 Å². The van der Waals surface area contributed by atoms with Crippen molar-refractivity contribution in [2.45, 2.75) is 19.3 Å². The van der Waals surface area contributed by atoms with Gasteiger partial charge in [0.05, 0.1) is 19.8 Å². The van der Waals surface area contributed by atoms with Crippen LogP contribution >= 0.6 is 0 Å². The van der Waals surface area contributed by atoms with Crippen molar-refractivity contribution >= 4 is 0 Å². The van der Waals surface area contributed by atoms with E-state index in [1.54, 1.807) is 0 Å². The Morgan fingerprint density at radius 2 is 1.67 bits per heavy atom. The Morgan fingerprint density at radius 1 is 1.00 bits per heavy atom. The van der Waals surface area contributed by atoms with Crippen molar-refractivity contribution in [1.29, 1.82) is 0 Å². The minimum atomic E-state index is 0.599. The maximum Gasteiger partial charge on any atom is 0.0701 e. The highest BCUT2D eigenvalue weighted by Crippen LogP contribution is 2.31. The summed E-state index contributed by atoms with van der Waals surface area (Å²) < 4.78 is 10.5. The van der Waals surface area contributed by atoms with Gasteiger partial charge in [-0.25, -0.2) is 0 Å². The molecule has 0 amide bonds. The lowest BCUT2D eigenvalue weighted by Gasteiger charge is -2.03. The van der Waals surface area contributed by atoms with Gasteiger partial charge in [-0.1, -0.05) is 12.8 Å². The van der Waals surface area contributed by atoms with Gasteiger partial charge in [-0.3, -0.25) is 0 Å². The van der Waals surface area contributed by atoms with Gasteiger partial charge in [-0.05, 0) is 12.3 Å². The van der Waals surface area contributed by atoms with Crippen LogP contribution in [0.2, 0.25) is 0 Å². The highest BCUT2D eigenvalue weighted by atomic mass is 16.5. The molecule has 0 aliphatic heterocycles. The summed E-state index contributed by atoms with van der Waals surface area (Å²) in [5.74, 6) is 0.968. The lowest BCUT2D eigenvalue weighted by atomic mass is 10.3. The second kappa shape index (κ2) is 6.40. The Labute approximate surface area is 74.2 Å². The predicted molar refractivity (Wildman–Crippen MR) is 48.0 cm³/mol. The molecule has 1 saturated carbocycles. The minimum absolute atomic E-state index is 0.599. The largest absolute Gasteiger partial charge is 0.379 e. The average molecular weight is 173 g/mol. The summed E-state index contributed by atoms with van der Waals surface area (Å²) >= 11 is 0. The number of hydrogen-bond donors (Lipinski definition) is 1. The molecule has 0 aromatic rings. The van der Waals surface area contributed by atoms with Gasteiger partial charge in [0.2, 0.25) is 0 Å². The van der Waals surface area contributed by atoms with Gasteiger partial charge in [0, 0.05) is 13.2 Å². The summed E-state index contributed by atoms with van der Waals surface area (Å²) in [6.45, 7) is 3.54. The third-order valence-corrected chi connectivity index (χ3v) is 2.00. The number of rotatable bonds is 8. The lowest BCUT2D eigenvalue weighted by molar-refractivity contribution is 0.0485. The molecule has 0 heterocycles. The first kappa shape index (κ1) is 9.96. The number of hydrogen-bond acceptors (Lipinski definition) is 3. The molecule has 1 rings (SSSR count). The van der Waals surface area contributed by atoms with Gasteiger partial charge >= 0.3 is 0 Å². The fraction of sp³-hybridized carbons (Fsp3) is 1.00. The summed E-state index contributed by atoms with van der Waals surface area (Å²) in [4.78, 5) is 0. The standard InChI is InChI=1S/C9H19NO2/c10-4-6-12-8-7-11-5-3-9-1-2-9/h9H,1-8,10H2. The maximum absolute atomic E-state index is 5.37. The molecule has 0 atom stereocenters. The zero-order valence-electron chi connectivity index (χ0n) is 7.63. The number of nitrogens with two attached hydrogens (primary N) is 1. The van der Waals surface area contributed by atoms with E-state index in [0.717, 1.165) is 12.5 Å². The van der Waals surface area contributed by atoms with E-state index in [4.69, 9.17) is 15.2 Å². The van der Waals surface area contributed by atoms with Gasteiger partial charge < -0.3 is 15.2 Å². The monoisotopic (exact) mass is 173 g/mol. The predicted octanol–water partition coefficient (Wildman–Crippen LogP) is 0.778. The van der Waals surface area contributed by atoms with Crippen LogP contribution in [0.25, 0.3) is 0 Å². The van der Waals surface area contributed by atoms with E-state index in [9.17, 15) is 0 Å². The molecular formula is C9H19NO2. The summed E-state index contributed by atoms with van der Waals surface area (Å²) in [7, 11) is 0. The lowest BCUT2D eigenvalue weighted by Crippen LogP contribution is -2.12. The van der Waals surface area contributed by atoms with Crippen LogP contribution in [-0.2, 0) is 9.47 Å². The van der Waals surface area contributed by atoms with Crippen molar-refractivity contribution in [3.05, 3.63) is 0 Å². The Kier molecular flexibility index (Phi) is 5.32. The van der Waals surface area contributed by atoms with E-state index in [2.05, 4.69) is 0 Å². The van der Waals surface area contributed by atoms with Crippen LogP contribution in [0.3, 0.4) is 0 Å². The normalized spacial score (nSPS) is 16.8. The third-order valence-electron chi connectivity index (χ3n) is 2.00. The molecule has 0 aromatic carbocycles. The molecule has 3 nitrogen and oxygen atoms in total. The van der Waals surface area contributed by atoms with Crippen molar-refractivity contribution in [3.8, 4) is 0 Å². The van der Waals surface area contributed by atoms with Gasteiger partial charge in [-0.2, -0.15) is 0 Å². The van der Waals surface area contributed by atoms with Crippen LogP contribution in [-0.4, -0.2) is 33.0 Å². The topological polar surface area (TPSA) is 44.5 Å². The molecule has 3 heteroatoms. The molecule has 1 aliphatic carbocycles. The van der Waals surface area contributed by atoms with Crippen LogP contribution in [0, 0.1) is 5.92 Å². The van der Waals surface area contributed by atoms with E-state index >= 15 is 0 Å². The SMILES string of the molecule is NCCOCCOCCC1CC1. The molecule has 0 bridgehead atoms. The molecule has 2 N–H and O–H groups in total. The van der Waals surface area contributed by atoms with Gasteiger partial charge in [0.15, 0.2) is 0 Å². The Balaban J connectivity index is 1.65. The summed E-state index contributed by atoms with van der Waals surface area (Å²) in [5.41, 5.74) is 5.25. The Bertz CT molecular complexity index is 105. The second-order valence-corrected chi connectivity index (χ2v) is 3.25. The van der Waals surface area contributed by atoms with Crippen LogP contribution in [0.5, 0.6) is 0 Å². The molecule has 0 saturated heterocycles. The molecule has 0 unspecified atom stereocenters. The molecule has 0 radical (unpaired) electrons. The minimum Gasteiger partial charge on any atom is -0.379 e. The van der Waals surface area contributed by atoms with Crippen LogP contribution in [0.1, 0.15) is 19.3 Å². The van der Waals surface area contributed by atoms with Crippen molar-refractivity contribution in [2.75, 3.05) is 33.0 Å². The maximum atomic E-state index is 5.37. The van der Waals surface area contributed by atoms with Crippen molar-refractivity contribution in [2.24, 2.45) is 11.7 Å². The molecule has 12 heavy (non-hydrogen) atoms. The van der Waals surface area contributed by atoms with Gasteiger partial charge in [0.25, 0.3) is 0 Å². The average Bonchev–Trinajstić information content (AvgIpc) is 2.87. The molecule has 1 fully saturated rings. The van der Waals surface area contributed by atoms with E-state index in [1.807, 2.05) is 0 Å². The molecule has 0 spiro atoms. The summed E-state index contributed by atoms with van der Waals surface area (Å²) in [5, 5.41) is 0. The molecular weight excluding hydrogens is 154 g/mol. The fourth-order valence-electron chi connectivity index (χ4n) is 1.06. The first-order valence-corrected chi connectivity index (χ1v) is 4.79. The van der Waals surface area contributed by atoms with E-state index < -0.39 is 0 Å². The van der Waals surface area contributed by atoms with Gasteiger partial charge in [-0.15, -0.1) is 0 Å². The molecule has 0 aromatic heterocycles. The van der Waals surface area contributed by atoms with Crippen LogP contribution in [0.4, 0.5) is 0 Å². The fourth-order valence-corrected chi connectivity index (χ4v) is 1.06. The number of ether oxygens (including phenoxy) is 2. The zero-order chi connectivity index (χ0) is 8.65. The first-order valence-electron chi connectivity index (χ1n) is 4.79. The zero-order valence-corrected chi connectivity index (χ0v) is 7.63. The molecule has 72 valence electrons. The van der Waals surface area contributed by atoms with Crippen LogP contribution < -0.4 is 5.73 Å². The smallest absolute Gasteiger partial charge is 0.0701 e. The highest BCUT2D eigenvalue weighted by molar-refractivity contribution is 4.72. The van der Waals surface area contributed by atoms with E-state index in [0.29, 0.717) is 26.4 Å². The van der Waals surface area contributed by atoms with Crippen molar-refractivity contribution in [1.82, 2.24) is 0 Å². The van der Waals surface area contributed by atoms with Crippen molar-refractivity contribution in [3.63, 3.8) is 0 Å². The van der Waals surface area contributed by atoms with E-state index in [-0.39, 0.29) is 0 Å². The van der Waals surface area contributed by atoms with Gasteiger partial charge in [0.1, 0.15) is 0 Å². The third kappa shape index (κ3) is 5.52.